The van der Waals surface area contributed by atoms with Crippen LogP contribution in [-0.2, 0) is 0 Å². The van der Waals surface area contributed by atoms with Gasteiger partial charge in [-0.2, -0.15) is 5.10 Å². The van der Waals surface area contributed by atoms with Crippen LogP contribution in [0.5, 0.6) is 0 Å². The molecule has 0 saturated carbocycles. The van der Waals surface area contributed by atoms with Crippen molar-refractivity contribution in [2.45, 2.75) is 33.1 Å². The van der Waals surface area contributed by atoms with E-state index in [1.165, 1.54) is 6.07 Å². The van der Waals surface area contributed by atoms with Gasteiger partial charge in [0.05, 0.1) is 10.6 Å². The zero-order chi connectivity index (χ0) is 18.2. The summed E-state index contributed by atoms with van der Waals surface area (Å²) in [5, 5.41) is 15.3. The monoisotopic (exact) mass is 339 g/mol. The lowest BCUT2D eigenvalue weighted by Crippen LogP contribution is -2.20. The maximum absolute atomic E-state index is 12.3. The van der Waals surface area contributed by atoms with Gasteiger partial charge in [-0.1, -0.05) is 49.7 Å². The van der Waals surface area contributed by atoms with E-state index < -0.39 is 10.8 Å². The SMILES string of the molecule is CCCCC(=NNC(=O)c1ccc(C)c([N+](=O)[O-])c1)c1ccccc1. The summed E-state index contributed by atoms with van der Waals surface area (Å²) in [5.74, 6) is -0.465. The molecule has 0 radical (unpaired) electrons. The molecule has 2 aromatic carbocycles. The molecule has 130 valence electrons. The summed E-state index contributed by atoms with van der Waals surface area (Å²) >= 11 is 0. The fourth-order valence-corrected chi connectivity index (χ4v) is 2.37. The van der Waals surface area contributed by atoms with Gasteiger partial charge < -0.3 is 0 Å². The number of hydrogen-bond donors (Lipinski definition) is 1. The number of nitrogens with zero attached hydrogens (tertiary/aromatic N) is 2. The molecule has 0 aliphatic rings. The highest BCUT2D eigenvalue weighted by atomic mass is 16.6. The minimum Gasteiger partial charge on any atom is -0.267 e. The molecule has 0 bridgehead atoms. The van der Waals surface area contributed by atoms with Crippen molar-refractivity contribution in [3.63, 3.8) is 0 Å². The molecular weight excluding hydrogens is 318 g/mol. The maximum atomic E-state index is 12.3. The lowest BCUT2D eigenvalue weighted by Gasteiger charge is -2.07. The normalized spacial score (nSPS) is 11.2. The van der Waals surface area contributed by atoms with Crippen LogP contribution >= 0.6 is 0 Å². The number of amides is 1. The third kappa shape index (κ3) is 4.97. The van der Waals surface area contributed by atoms with Gasteiger partial charge in [0.2, 0.25) is 0 Å². The quantitative estimate of drug-likeness (QED) is 0.465. The Balaban J connectivity index is 2.21. The molecule has 1 N–H and O–H groups in total. The zero-order valence-electron chi connectivity index (χ0n) is 14.4. The van der Waals surface area contributed by atoms with Gasteiger partial charge in [0.25, 0.3) is 11.6 Å². The Morgan fingerprint density at radius 1 is 1.16 bits per heavy atom. The minimum atomic E-state index is -0.494. The first kappa shape index (κ1) is 18.3. The summed E-state index contributed by atoms with van der Waals surface area (Å²) in [6, 6.07) is 14.0. The summed E-state index contributed by atoms with van der Waals surface area (Å²) in [7, 11) is 0. The Bertz CT molecular complexity index is 786. The number of nitro benzene ring substituents is 1. The van der Waals surface area contributed by atoms with E-state index in [0.717, 1.165) is 30.5 Å². The van der Waals surface area contributed by atoms with Crippen LogP contribution in [0.4, 0.5) is 5.69 Å². The fraction of sp³-hybridized carbons (Fsp3) is 0.263. The molecule has 2 rings (SSSR count). The number of rotatable bonds is 7. The molecule has 0 spiro atoms. The smallest absolute Gasteiger partial charge is 0.267 e. The second-order valence-electron chi connectivity index (χ2n) is 5.73. The van der Waals surface area contributed by atoms with Gasteiger partial charge in [0.15, 0.2) is 0 Å². The molecule has 2 aromatic rings. The molecule has 6 heteroatoms. The van der Waals surface area contributed by atoms with Gasteiger partial charge in [-0.05, 0) is 31.4 Å². The molecule has 0 unspecified atom stereocenters. The Labute approximate surface area is 146 Å². The standard InChI is InChI=1S/C19H21N3O3/c1-3-4-10-17(15-8-6-5-7-9-15)20-21-19(23)16-12-11-14(2)18(13-16)22(24)25/h5-9,11-13H,3-4,10H2,1-2H3,(H,21,23). The van der Waals surface area contributed by atoms with Crippen molar-refractivity contribution >= 4 is 17.3 Å². The van der Waals surface area contributed by atoms with Crippen molar-refractivity contribution in [3.05, 3.63) is 75.3 Å². The van der Waals surface area contributed by atoms with Crippen molar-refractivity contribution in [2.75, 3.05) is 0 Å². The maximum Gasteiger partial charge on any atom is 0.273 e. The molecule has 0 heterocycles. The van der Waals surface area contributed by atoms with Gasteiger partial charge in [0, 0.05) is 17.2 Å². The number of unbranched alkanes of at least 4 members (excludes halogenated alkanes) is 1. The van der Waals surface area contributed by atoms with Crippen LogP contribution in [0.3, 0.4) is 0 Å². The van der Waals surface area contributed by atoms with Gasteiger partial charge in [-0.15, -0.1) is 0 Å². The molecule has 6 nitrogen and oxygen atoms in total. The highest BCUT2D eigenvalue weighted by Crippen LogP contribution is 2.19. The first-order valence-electron chi connectivity index (χ1n) is 8.20. The fourth-order valence-electron chi connectivity index (χ4n) is 2.37. The second kappa shape index (κ2) is 8.73. The van der Waals surface area contributed by atoms with E-state index in [1.807, 2.05) is 30.3 Å². The van der Waals surface area contributed by atoms with E-state index >= 15 is 0 Å². The molecule has 0 aliphatic carbocycles. The average molecular weight is 339 g/mol. The predicted molar refractivity (Wildman–Crippen MR) is 97.8 cm³/mol. The van der Waals surface area contributed by atoms with Crippen molar-refractivity contribution in [2.24, 2.45) is 5.10 Å². The Morgan fingerprint density at radius 2 is 1.88 bits per heavy atom. The van der Waals surface area contributed by atoms with Crippen LogP contribution in [-0.4, -0.2) is 16.5 Å². The van der Waals surface area contributed by atoms with Crippen molar-refractivity contribution in [3.8, 4) is 0 Å². The topological polar surface area (TPSA) is 84.6 Å². The van der Waals surface area contributed by atoms with E-state index in [9.17, 15) is 14.9 Å². The summed E-state index contributed by atoms with van der Waals surface area (Å²) in [4.78, 5) is 22.8. The van der Waals surface area contributed by atoms with E-state index in [2.05, 4.69) is 17.5 Å². The van der Waals surface area contributed by atoms with Crippen LogP contribution in [0.1, 0.15) is 47.7 Å². The van der Waals surface area contributed by atoms with Crippen molar-refractivity contribution < 1.29 is 9.72 Å². The minimum absolute atomic E-state index is 0.0779. The Morgan fingerprint density at radius 3 is 2.52 bits per heavy atom. The number of benzene rings is 2. The van der Waals surface area contributed by atoms with Gasteiger partial charge in [-0.3, -0.25) is 14.9 Å². The molecule has 0 aromatic heterocycles. The first-order valence-corrected chi connectivity index (χ1v) is 8.20. The van der Waals surface area contributed by atoms with Crippen molar-refractivity contribution in [1.29, 1.82) is 0 Å². The number of aryl methyl sites for hydroxylation is 1. The Hall–Kier alpha value is -3.02. The van der Waals surface area contributed by atoms with Crippen LogP contribution in [0.2, 0.25) is 0 Å². The molecule has 1 amide bonds. The Kier molecular flexibility index (Phi) is 6.39. The second-order valence-corrected chi connectivity index (χ2v) is 5.73. The molecular formula is C19H21N3O3. The number of nitro groups is 1. The van der Waals surface area contributed by atoms with Gasteiger partial charge >= 0.3 is 0 Å². The molecule has 0 saturated heterocycles. The van der Waals surface area contributed by atoms with Crippen molar-refractivity contribution in [1.82, 2.24) is 5.43 Å². The summed E-state index contributed by atoms with van der Waals surface area (Å²) in [6.07, 6.45) is 2.72. The van der Waals surface area contributed by atoms with E-state index in [0.29, 0.717) is 5.56 Å². The molecule has 25 heavy (non-hydrogen) atoms. The lowest BCUT2D eigenvalue weighted by molar-refractivity contribution is -0.385. The van der Waals surface area contributed by atoms with Gasteiger partial charge in [-0.25, -0.2) is 5.43 Å². The third-order valence-electron chi connectivity index (χ3n) is 3.83. The molecule has 0 fully saturated rings. The number of carbonyl (C=O) groups is 1. The first-order chi connectivity index (χ1) is 12.0. The third-order valence-corrected chi connectivity index (χ3v) is 3.83. The highest BCUT2D eigenvalue weighted by molar-refractivity contribution is 6.02. The lowest BCUT2D eigenvalue weighted by atomic mass is 10.1. The summed E-state index contributed by atoms with van der Waals surface area (Å²) in [6.45, 7) is 3.73. The van der Waals surface area contributed by atoms with Crippen LogP contribution < -0.4 is 5.43 Å². The summed E-state index contributed by atoms with van der Waals surface area (Å²) in [5.41, 5.74) is 4.90. The predicted octanol–water partition coefficient (Wildman–Crippen LogP) is 4.23. The molecule has 0 aliphatic heterocycles. The average Bonchev–Trinajstić information content (AvgIpc) is 2.62. The summed E-state index contributed by atoms with van der Waals surface area (Å²) < 4.78 is 0. The highest BCUT2D eigenvalue weighted by Gasteiger charge is 2.15. The van der Waals surface area contributed by atoms with E-state index in [4.69, 9.17) is 0 Å². The van der Waals surface area contributed by atoms with Crippen LogP contribution in [0, 0.1) is 17.0 Å². The van der Waals surface area contributed by atoms with E-state index in [1.54, 1.807) is 19.1 Å². The van der Waals surface area contributed by atoms with E-state index in [-0.39, 0.29) is 11.3 Å². The van der Waals surface area contributed by atoms with Gasteiger partial charge in [0.1, 0.15) is 0 Å². The number of carbonyl (C=O) groups excluding carboxylic acids is 1. The molecule has 0 atom stereocenters. The zero-order valence-corrected chi connectivity index (χ0v) is 14.4. The largest absolute Gasteiger partial charge is 0.273 e. The number of hydrazone groups is 1. The van der Waals surface area contributed by atoms with Crippen LogP contribution in [0.15, 0.2) is 53.6 Å². The number of hydrogen-bond acceptors (Lipinski definition) is 4. The van der Waals surface area contributed by atoms with Crippen LogP contribution in [0.25, 0.3) is 0 Å². The number of nitrogens with one attached hydrogen (secondary N) is 1.